The lowest BCUT2D eigenvalue weighted by molar-refractivity contribution is 0.0810. The van der Waals surface area contributed by atoms with Crippen molar-refractivity contribution in [1.29, 1.82) is 0 Å². The maximum absolute atomic E-state index is 5.87. The predicted molar refractivity (Wildman–Crippen MR) is 65.4 cm³/mol. The number of piperazine rings is 1. The summed E-state index contributed by atoms with van der Waals surface area (Å²) >= 11 is 0. The second-order valence-corrected chi connectivity index (χ2v) is 5.00. The third-order valence-electron chi connectivity index (χ3n) is 3.99. The number of likely N-dealkylation sites (N-methyl/N-ethyl adjacent to an activating group) is 1. The molecule has 0 saturated carbocycles. The van der Waals surface area contributed by atoms with Crippen LogP contribution in [0.25, 0.3) is 0 Å². The SMILES string of the molecule is CN1CCN(C2CC[B]CC2CN)CC1. The van der Waals surface area contributed by atoms with Gasteiger partial charge < -0.3 is 10.6 Å². The fraction of sp³-hybridized carbons (Fsp3) is 1.00. The molecule has 4 heteroatoms. The molecule has 2 unspecified atom stereocenters. The summed E-state index contributed by atoms with van der Waals surface area (Å²) in [5.74, 6) is 0.710. The number of nitrogens with two attached hydrogens (primary N) is 1. The minimum atomic E-state index is 0.710. The van der Waals surface area contributed by atoms with Crippen LogP contribution in [0.4, 0.5) is 0 Å². The number of rotatable bonds is 2. The molecule has 2 atom stereocenters. The average molecular weight is 208 g/mol. The maximum Gasteiger partial charge on any atom is 0.110 e. The van der Waals surface area contributed by atoms with Gasteiger partial charge in [-0.25, -0.2) is 0 Å². The van der Waals surface area contributed by atoms with E-state index in [0.717, 1.165) is 12.6 Å². The molecule has 2 aliphatic rings. The van der Waals surface area contributed by atoms with E-state index in [4.69, 9.17) is 5.73 Å². The van der Waals surface area contributed by atoms with Crippen molar-refractivity contribution in [3.05, 3.63) is 0 Å². The van der Waals surface area contributed by atoms with Crippen LogP contribution in [0, 0.1) is 5.92 Å². The maximum atomic E-state index is 5.87. The lowest BCUT2D eigenvalue weighted by atomic mass is 9.58. The normalized spacial score (nSPS) is 35.1. The summed E-state index contributed by atoms with van der Waals surface area (Å²) in [5, 5.41) is 0. The van der Waals surface area contributed by atoms with E-state index in [2.05, 4.69) is 24.1 Å². The summed E-state index contributed by atoms with van der Waals surface area (Å²) in [6, 6.07) is 0.758. The number of hydrogen-bond donors (Lipinski definition) is 1. The topological polar surface area (TPSA) is 32.5 Å². The van der Waals surface area contributed by atoms with Gasteiger partial charge in [0.1, 0.15) is 7.28 Å². The first kappa shape index (κ1) is 11.4. The Morgan fingerprint density at radius 3 is 2.67 bits per heavy atom. The van der Waals surface area contributed by atoms with Crippen molar-refractivity contribution >= 4 is 7.28 Å². The van der Waals surface area contributed by atoms with Crippen LogP contribution in [0.2, 0.25) is 12.6 Å². The minimum Gasteiger partial charge on any atom is -0.330 e. The van der Waals surface area contributed by atoms with Crippen molar-refractivity contribution in [1.82, 2.24) is 9.80 Å². The van der Waals surface area contributed by atoms with Crippen molar-refractivity contribution in [3.63, 3.8) is 0 Å². The molecule has 15 heavy (non-hydrogen) atoms. The Morgan fingerprint density at radius 1 is 1.27 bits per heavy atom. The summed E-state index contributed by atoms with van der Waals surface area (Å²) in [6.45, 7) is 5.76. The van der Waals surface area contributed by atoms with Gasteiger partial charge in [0, 0.05) is 32.2 Å². The Labute approximate surface area is 94.2 Å². The fourth-order valence-corrected chi connectivity index (χ4v) is 2.90. The summed E-state index contributed by atoms with van der Waals surface area (Å²) in [6.07, 6.45) is 3.84. The molecule has 0 aliphatic carbocycles. The predicted octanol–water partition coefficient (Wildman–Crippen LogP) is 0.122. The minimum absolute atomic E-state index is 0.710. The van der Waals surface area contributed by atoms with Crippen molar-refractivity contribution in [2.75, 3.05) is 39.8 Å². The summed E-state index contributed by atoms with van der Waals surface area (Å²) < 4.78 is 0. The van der Waals surface area contributed by atoms with Crippen molar-refractivity contribution in [3.8, 4) is 0 Å². The van der Waals surface area contributed by atoms with Gasteiger partial charge in [-0.1, -0.05) is 12.6 Å². The van der Waals surface area contributed by atoms with Gasteiger partial charge in [0.2, 0.25) is 0 Å². The van der Waals surface area contributed by atoms with Crippen LogP contribution in [0.5, 0.6) is 0 Å². The molecule has 2 aliphatic heterocycles. The first-order chi connectivity index (χ1) is 7.31. The van der Waals surface area contributed by atoms with E-state index in [-0.39, 0.29) is 0 Å². The monoisotopic (exact) mass is 208 g/mol. The van der Waals surface area contributed by atoms with Crippen LogP contribution in [0.3, 0.4) is 0 Å². The summed E-state index contributed by atoms with van der Waals surface area (Å²) in [7, 11) is 4.64. The largest absolute Gasteiger partial charge is 0.330 e. The zero-order valence-electron chi connectivity index (χ0n) is 9.86. The van der Waals surface area contributed by atoms with Crippen molar-refractivity contribution in [2.45, 2.75) is 25.1 Å². The molecular weight excluding hydrogens is 185 g/mol. The van der Waals surface area contributed by atoms with E-state index in [1.165, 1.54) is 45.2 Å². The van der Waals surface area contributed by atoms with Gasteiger partial charge in [0.05, 0.1) is 0 Å². The molecule has 3 nitrogen and oxygen atoms in total. The standard InChI is InChI=1S/C11H23BN3/c1-14-4-6-15(7-5-14)11-2-3-12-8-10(11)9-13/h10-11H,2-9,13H2,1H3. The molecule has 0 bridgehead atoms. The summed E-state index contributed by atoms with van der Waals surface area (Å²) in [4.78, 5) is 5.09. The van der Waals surface area contributed by atoms with Gasteiger partial charge in [-0.05, 0) is 25.9 Å². The van der Waals surface area contributed by atoms with E-state index in [9.17, 15) is 0 Å². The first-order valence-corrected chi connectivity index (χ1v) is 6.25. The molecule has 0 spiro atoms. The molecule has 2 fully saturated rings. The van der Waals surface area contributed by atoms with E-state index in [0.29, 0.717) is 5.92 Å². The molecule has 0 aromatic heterocycles. The van der Waals surface area contributed by atoms with Gasteiger partial charge in [-0.2, -0.15) is 0 Å². The molecule has 0 aromatic carbocycles. The molecular formula is C11H23BN3. The zero-order chi connectivity index (χ0) is 10.7. The van der Waals surface area contributed by atoms with Crippen LogP contribution in [0.1, 0.15) is 6.42 Å². The van der Waals surface area contributed by atoms with Gasteiger partial charge in [-0.3, -0.25) is 4.90 Å². The Balaban J connectivity index is 1.90. The van der Waals surface area contributed by atoms with Gasteiger partial charge >= 0.3 is 0 Å². The molecule has 0 aromatic rings. The van der Waals surface area contributed by atoms with Gasteiger partial charge in [0.25, 0.3) is 0 Å². The highest BCUT2D eigenvalue weighted by Gasteiger charge is 2.30. The number of nitrogens with zero attached hydrogens (tertiary/aromatic N) is 2. The third kappa shape index (κ3) is 2.74. The highest BCUT2D eigenvalue weighted by molar-refractivity contribution is 6.35. The van der Waals surface area contributed by atoms with Crippen LogP contribution in [-0.2, 0) is 0 Å². The van der Waals surface area contributed by atoms with Crippen LogP contribution in [0.15, 0.2) is 0 Å². The second kappa shape index (κ2) is 5.33. The van der Waals surface area contributed by atoms with Gasteiger partial charge in [0.15, 0.2) is 0 Å². The van der Waals surface area contributed by atoms with Crippen LogP contribution >= 0.6 is 0 Å². The van der Waals surface area contributed by atoms with E-state index in [1.54, 1.807) is 0 Å². The zero-order valence-corrected chi connectivity index (χ0v) is 9.86. The molecule has 2 N–H and O–H groups in total. The van der Waals surface area contributed by atoms with Crippen LogP contribution in [-0.4, -0.2) is 62.9 Å². The van der Waals surface area contributed by atoms with E-state index < -0.39 is 0 Å². The van der Waals surface area contributed by atoms with Crippen molar-refractivity contribution < 1.29 is 0 Å². The van der Waals surface area contributed by atoms with Gasteiger partial charge in [-0.15, -0.1) is 0 Å². The lowest BCUT2D eigenvalue weighted by Crippen LogP contribution is -2.53. The second-order valence-electron chi connectivity index (χ2n) is 5.00. The first-order valence-electron chi connectivity index (χ1n) is 6.25. The van der Waals surface area contributed by atoms with E-state index >= 15 is 0 Å². The van der Waals surface area contributed by atoms with Crippen LogP contribution < -0.4 is 5.73 Å². The molecule has 0 amide bonds. The van der Waals surface area contributed by atoms with E-state index in [1.807, 2.05) is 0 Å². The summed E-state index contributed by atoms with van der Waals surface area (Å²) in [5.41, 5.74) is 5.87. The molecule has 2 heterocycles. The Kier molecular flexibility index (Phi) is 4.06. The molecule has 1 radical (unpaired) electrons. The lowest BCUT2D eigenvalue weighted by Gasteiger charge is -2.43. The highest BCUT2D eigenvalue weighted by atomic mass is 15.3. The average Bonchev–Trinajstić information content (AvgIpc) is 2.30. The smallest absolute Gasteiger partial charge is 0.110 e. The molecule has 2 saturated heterocycles. The third-order valence-corrected chi connectivity index (χ3v) is 3.99. The fourth-order valence-electron chi connectivity index (χ4n) is 2.90. The number of hydrogen-bond acceptors (Lipinski definition) is 3. The quantitative estimate of drug-likeness (QED) is 0.654. The molecule has 2 rings (SSSR count). The molecule has 85 valence electrons. The highest BCUT2D eigenvalue weighted by Crippen LogP contribution is 2.25. The Morgan fingerprint density at radius 2 is 2.00 bits per heavy atom. The Hall–Kier alpha value is -0.0551. The Bertz CT molecular complexity index is 192. The van der Waals surface area contributed by atoms with Crippen molar-refractivity contribution in [2.24, 2.45) is 11.7 Å².